The number of benzene rings is 2. The molecular formula is C18H22N3O4S+. The first-order valence-corrected chi connectivity index (χ1v) is 10.0. The van der Waals surface area contributed by atoms with Crippen LogP contribution < -0.4 is 4.90 Å². The minimum atomic E-state index is -3.85. The van der Waals surface area contributed by atoms with Gasteiger partial charge in [0, 0.05) is 12.5 Å². The molecule has 26 heavy (non-hydrogen) atoms. The molecule has 2 aromatic carbocycles. The second kappa shape index (κ2) is 7.94. The van der Waals surface area contributed by atoms with Gasteiger partial charge in [0.2, 0.25) is 10.0 Å². The first-order chi connectivity index (χ1) is 12.5. The second-order valence-electron chi connectivity index (χ2n) is 6.36. The molecule has 0 aliphatic carbocycles. The van der Waals surface area contributed by atoms with E-state index in [0.29, 0.717) is 26.2 Å². The lowest BCUT2D eigenvalue weighted by Gasteiger charge is -2.31. The first-order valence-electron chi connectivity index (χ1n) is 8.59. The number of nitro benzene ring substituents is 1. The topological polar surface area (TPSA) is 85.0 Å². The smallest absolute Gasteiger partial charge is 0.289 e. The van der Waals surface area contributed by atoms with Crippen molar-refractivity contribution < 1.29 is 18.2 Å². The Morgan fingerprint density at radius 1 is 1.00 bits per heavy atom. The molecule has 1 N–H and O–H groups in total. The maximum atomic E-state index is 12.8. The molecule has 0 unspecified atom stereocenters. The molecule has 1 fully saturated rings. The van der Waals surface area contributed by atoms with Gasteiger partial charge in [-0.15, -0.1) is 0 Å². The highest BCUT2D eigenvalue weighted by Gasteiger charge is 2.34. The second-order valence-corrected chi connectivity index (χ2v) is 8.27. The maximum Gasteiger partial charge on any atom is 0.289 e. The third kappa shape index (κ3) is 4.09. The van der Waals surface area contributed by atoms with E-state index < -0.39 is 14.9 Å². The van der Waals surface area contributed by atoms with Crippen LogP contribution in [-0.2, 0) is 16.4 Å². The van der Waals surface area contributed by atoms with Crippen LogP contribution in [0, 0.1) is 10.1 Å². The van der Waals surface area contributed by atoms with Gasteiger partial charge in [-0.2, -0.15) is 4.31 Å². The summed E-state index contributed by atoms with van der Waals surface area (Å²) in [5.74, 6) is 0. The molecule has 1 heterocycles. The van der Waals surface area contributed by atoms with Crippen LogP contribution in [0.3, 0.4) is 0 Å². The van der Waals surface area contributed by atoms with Crippen molar-refractivity contribution in [1.29, 1.82) is 0 Å². The Kier molecular flexibility index (Phi) is 5.65. The van der Waals surface area contributed by atoms with E-state index in [2.05, 4.69) is 12.1 Å². The summed E-state index contributed by atoms with van der Waals surface area (Å²) in [7, 11) is -3.85. The number of nitrogens with one attached hydrogen (secondary N) is 1. The predicted octanol–water partition coefficient (Wildman–Crippen LogP) is 0.727. The van der Waals surface area contributed by atoms with Gasteiger partial charge in [-0.1, -0.05) is 42.5 Å². The van der Waals surface area contributed by atoms with Gasteiger partial charge in [-0.25, -0.2) is 8.42 Å². The van der Waals surface area contributed by atoms with Crippen molar-refractivity contribution >= 4 is 15.7 Å². The van der Waals surface area contributed by atoms with Crippen molar-refractivity contribution in [3.63, 3.8) is 0 Å². The lowest BCUT2D eigenvalue weighted by molar-refractivity contribution is -0.903. The van der Waals surface area contributed by atoms with E-state index in [1.807, 2.05) is 18.2 Å². The van der Waals surface area contributed by atoms with Crippen LogP contribution in [0.15, 0.2) is 59.5 Å². The summed E-state index contributed by atoms with van der Waals surface area (Å²) in [5.41, 5.74) is 0.904. The number of nitro groups is 1. The highest BCUT2D eigenvalue weighted by Crippen LogP contribution is 2.26. The van der Waals surface area contributed by atoms with Crippen LogP contribution in [0.4, 0.5) is 5.69 Å². The summed E-state index contributed by atoms with van der Waals surface area (Å²) >= 11 is 0. The SMILES string of the molecule is O=[N+]([O-])c1ccccc1S(=O)(=O)N1CC[NH+](CCc2ccccc2)CC1. The number of rotatable bonds is 6. The summed E-state index contributed by atoms with van der Waals surface area (Å²) in [6.45, 7) is 3.10. The fourth-order valence-corrected chi connectivity index (χ4v) is 4.82. The summed E-state index contributed by atoms with van der Waals surface area (Å²) in [6, 6.07) is 15.7. The number of piperazine rings is 1. The van der Waals surface area contributed by atoms with Gasteiger partial charge < -0.3 is 4.90 Å². The van der Waals surface area contributed by atoms with Crippen molar-refractivity contribution in [2.24, 2.45) is 0 Å². The molecule has 138 valence electrons. The molecule has 0 amide bonds. The molecule has 7 nitrogen and oxygen atoms in total. The maximum absolute atomic E-state index is 12.8. The third-order valence-corrected chi connectivity index (χ3v) is 6.67. The predicted molar refractivity (Wildman–Crippen MR) is 97.6 cm³/mol. The Balaban J connectivity index is 1.63. The number of hydrogen-bond donors (Lipinski definition) is 1. The standard InChI is InChI=1S/C18H21N3O4S/c22-21(23)17-8-4-5-9-18(17)26(24,25)20-14-12-19(13-15-20)11-10-16-6-2-1-3-7-16/h1-9H,10-15H2/p+1. The molecule has 8 heteroatoms. The zero-order valence-corrected chi connectivity index (χ0v) is 15.2. The van der Waals surface area contributed by atoms with Crippen molar-refractivity contribution in [3.05, 3.63) is 70.3 Å². The molecule has 0 saturated carbocycles. The molecule has 0 atom stereocenters. The Hall–Kier alpha value is -2.29. The van der Waals surface area contributed by atoms with E-state index in [1.165, 1.54) is 39.0 Å². The summed E-state index contributed by atoms with van der Waals surface area (Å²) in [4.78, 5) is 11.6. The molecule has 0 aromatic heterocycles. The Labute approximate surface area is 153 Å². The number of hydrogen-bond acceptors (Lipinski definition) is 4. The Morgan fingerprint density at radius 3 is 2.27 bits per heavy atom. The molecule has 3 rings (SSSR count). The van der Waals surface area contributed by atoms with Gasteiger partial charge in [-0.05, 0) is 11.6 Å². The molecule has 2 aromatic rings. The molecule has 0 spiro atoms. The highest BCUT2D eigenvalue weighted by atomic mass is 32.2. The van der Waals surface area contributed by atoms with Gasteiger partial charge in [0.05, 0.1) is 37.6 Å². The lowest BCUT2D eigenvalue weighted by Crippen LogP contribution is -3.15. The van der Waals surface area contributed by atoms with Crippen molar-refractivity contribution in [1.82, 2.24) is 4.31 Å². The van der Waals surface area contributed by atoms with Gasteiger partial charge in [0.25, 0.3) is 5.69 Å². The Morgan fingerprint density at radius 2 is 1.62 bits per heavy atom. The summed E-state index contributed by atoms with van der Waals surface area (Å²) in [5, 5.41) is 11.1. The first kappa shape index (κ1) is 18.5. The van der Waals surface area contributed by atoms with Crippen molar-refractivity contribution in [3.8, 4) is 0 Å². The van der Waals surface area contributed by atoms with Crippen LogP contribution in [0.1, 0.15) is 5.56 Å². The van der Waals surface area contributed by atoms with Crippen molar-refractivity contribution in [2.75, 3.05) is 32.7 Å². The van der Waals surface area contributed by atoms with Gasteiger partial charge in [0.1, 0.15) is 0 Å². The zero-order valence-electron chi connectivity index (χ0n) is 14.4. The number of nitrogens with zero attached hydrogens (tertiary/aromatic N) is 2. The minimum Gasteiger partial charge on any atom is -0.332 e. The number of quaternary nitrogens is 1. The van der Waals surface area contributed by atoms with Crippen LogP contribution >= 0.6 is 0 Å². The molecule has 1 aliphatic heterocycles. The van der Waals surface area contributed by atoms with Gasteiger partial charge >= 0.3 is 0 Å². The van der Waals surface area contributed by atoms with E-state index in [0.717, 1.165) is 13.0 Å². The van der Waals surface area contributed by atoms with E-state index >= 15 is 0 Å². The monoisotopic (exact) mass is 376 g/mol. The number of para-hydroxylation sites is 1. The van der Waals surface area contributed by atoms with E-state index in [-0.39, 0.29) is 10.6 Å². The fourth-order valence-electron chi connectivity index (χ4n) is 3.22. The molecule has 0 radical (unpaired) electrons. The van der Waals surface area contributed by atoms with E-state index in [4.69, 9.17) is 0 Å². The van der Waals surface area contributed by atoms with Gasteiger partial charge in [0.15, 0.2) is 4.90 Å². The summed E-state index contributed by atoms with van der Waals surface area (Å²) in [6.07, 6.45) is 0.951. The lowest BCUT2D eigenvalue weighted by atomic mass is 10.1. The molecule has 1 saturated heterocycles. The highest BCUT2D eigenvalue weighted by molar-refractivity contribution is 7.89. The Bertz CT molecular complexity index is 863. The van der Waals surface area contributed by atoms with Crippen LogP contribution in [0.25, 0.3) is 0 Å². The molecule has 0 bridgehead atoms. The van der Waals surface area contributed by atoms with Crippen LogP contribution in [0.5, 0.6) is 0 Å². The van der Waals surface area contributed by atoms with Crippen LogP contribution in [0.2, 0.25) is 0 Å². The summed E-state index contributed by atoms with van der Waals surface area (Å²) < 4.78 is 27.0. The largest absolute Gasteiger partial charge is 0.332 e. The van der Waals surface area contributed by atoms with E-state index in [9.17, 15) is 18.5 Å². The average Bonchev–Trinajstić information content (AvgIpc) is 2.67. The number of sulfonamides is 1. The normalized spacial score (nSPS) is 16.5. The van der Waals surface area contributed by atoms with Crippen LogP contribution in [-0.4, -0.2) is 50.4 Å². The quantitative estimate of drug-likeness (QED) is 0.595. The minimum absolute atomic E-state index is 0.224. The molecular weight excluding hydrogens is 354 g/mol. The average molecular weight is 376 g/mol. The van der Waals surface area contributed by atoms with Gasteiger partial charge in [-0.3, -0.25) is 10.1 Å². The van der Waals surface area contributed by atoms with Crippen molar-refractivity contribution in [2.45, 2.75) is 11.3 Å². The van der Waals surface area contributed by atoms with E-state index in [1.54, 1.807) is 0 Å². The zero-order chi connectivity index (χ0) is 18.6. The molecule has 1 aliphatic rings. The third-order valence-electron chi connectivity index (χ3n) is 4.72. The fraction of sp³-hybridized carbons (Fsp3) is 0.333.